The van der Waals surface area contributed by atoms with Crippen LogP contribution in [0.1, 0.15) is 11.1 Å². The second-order valence-corrected chi connectivity index (χ2v) is 5.02. The van der Waals surface area contributed by atoms with E-state index in [2.05, 4.69) is 5.32 Å². The molecular formula is C18H21NO3. The first-order valence-corrected chi connectivity index (χ1v) is 7.38. The van der Waals surface area contributed by atoms with E-state index in [-0.39, 0.29) is 13.2 Å². The van der Waals surface area contributed by atoms with Crippen LogP contribution in [0.5, 0.6) is 0 Å². The molecule has 2 rings (SSSR count). The average molecular weight is 299 g/mol. The van der Waals surface area contributed by atoms with Crippen LogP contribution < -0.4 is 5.32 Å². The molecule has 0 heterocycles. The van der Waals surface area contributed by atoms with Gasteiger partial charge < -0.3 is 15.2 Å². The molecule has 22 heavy (non-hydrogen) atoms. The van der Waals surface area contributed by atoms with Gasteiger partial charge in [0.05, 0.1) is 6.61 Å². The van der Waals surface area contributed by atoms with Crippen molar-refractivity contribution in [2.24, 2.45) is 0 Å². The highest BCUT2D eigenvalue weighted by atomic mass is 16.5. The summed E-state index contributed by atoms with van der Waals surface area (Å²) in [4.78, 5) is 11.9. The molecule has 0 aliphatic carbocycles. The van der Waals surface area contributed by atoms with E-state index >= 15 is 0 Å². The van der Waals surface area contributed by atoms with Crippen molar-refractivity contribution in [3.05, 3.63) is 71.8 Å². The van der Waals surface area contributed by atoms with Gasteiger partial charge in [-0.25, -0.2) is 0 Å². The Morgan fingerprint density at radius 2 is 1.59 bits per heavy atom. The van der Waals surface area contributed by atoms with E-state index in [9.17, 15) is 9.90 Å². The zero-order valence-corrected chi connectivity index (χ0v) is 12.4. The third-order valence-electron chi connectivity index (χ3n) is 3.34. The Bertz CT molecular complexity index is 557. The summed E-state index contributed by atoms with van der Waals surface area (Å²) in [6.45, 7) is 0.550. The molecule has 0 aliphatic heterocycles. The molecule has 4 nitrogen and oxygen atoms in total. The SMILES string of the molecule is O=C(OCc1ccccc1)C(CO)NCCc1ccccc1. The van der Waals surface area contributed by atoms with E-state index < -0.39 is 12.0 Å². The summed E-state index contributed by atoms with van der Waals surface area (Å²) in [7, 11) is 0. The van der Waals surface area contributed by atoms with E-state index in [1.165, 1.54) is 5.56 Å². The first-order chi connectivity index (χ1) is 10.8. The van der Waals surface area contributed by atoms with Crippen molar-refractivity contribution >= 4 is 5.97 Å². The van der Waals surface area contributed by atoms with Gasteiger partial charge in [0.2, 0.25) is 0 Å². The maximum atomic E-state index is 11.9. The van der Waals surface area contributed by atoms with Gasteiger partial charge in [-0.05, 0) is 17.5 Å². The number of carbonyl (C=O) groups excluding carboxylic acids is 1. The molecule has 2 aromatic rings. The molecule has 2 N–H and O–H groups in total. The van der Waals surface area contributed by atoms with Crippen molar-refractivity contribution in [2.75, 3.05) is 13.2 Å². The van der Waals surface area contributed by atoms with Crippen LogP contribution in [0.15, 0.2) is 60.7 Å². The fourth-order valence-corrected chi connectivity index (χ4v) is 2.09. The number of ether oxygens (including phenoxy) is 1. The molecule has 0 saturated carbocycles. The third kappa shape index (κ3) is 5.31. The van der Waals surface area contributed by atoms with Crippen molar-refractivity contribution in [1.82, 2.24) is 5.32 Å². The largest absolute Gasteiger partial charge is 0.460 e. The van der Waals surface area contributed by atoms with Gasteiger partial charge in [0, 0.05) is 6.54 Å². The van der Waals surface area contributed by atoms with Crippen LogP contribution in [0, 0.1) is 0 Å². The number of benzene rings is 2. The van der Waals surface area contributed by atoms with Gasteiger partial charge in [0.15, 0.2) is 0 Å². The highest BCUT2D eigenvalue weighted by Gasteiger charge is 2.18. The van der Waals surface area contributed by atoms with Crippen molar-refractivity contribution < 1.29 is 14.6 Å². The molecule has 0 radical (unpaired) electrons. The number of nitrogens with one attached hydrogen (secondary N) is 1. The van der Waals surface area contributed by atoms with Gasteiger partial charge in [0.25, 0.3) is 0 Å². The Morgan fingerprint density at radius 3 is 2.18 bits per heavy atom. The molecule has 116 valence electrons. The van der Waals surface area contributed by atoms with Crippen LogP contribution in [-0.2, 0) is 22.6 Å². The molecule has 0 aromatic heterocycles. The third-order valence-corrected chi connectivity index (χ3v) is 3.34. The Hall–Kier alpha value is -2.17. The molecule has 0 amide bonds. The standard InChI is InChI=1S/C18H21NO3/c20-13-17(19-12-11-15-7-3-1-4-8-15)18(21)22-14-16-9-5-2-6-10-16/h1-10,17,19-20H,11-14H2. The van der Waals surface area contributed by atoms with E-state index in [4.69, 9.17) is 4.74 Å². The molecule has 0 saturated heterocycles. The molecule has 1 unspecified atom stereocenters. The summed E-state index contributed by atoms with van der Waals surface area (Å²) >= 11 is 0. The van der Waals surface area contributed by atoms with Crippen LogP contribution in [-0.4, -0.2) is 30.3 Å². The number of aliphatic hydroxyl groups is 1. The lowest BCUT2D eigenvalue weighted by molar-refractivity contribution is -0.148. The molecular weight excluding hydrogens is 278 g/mol. The van der Waals surface area contributed by atoms with Crippen LogP contribution in [0.4, 0.5) is 0 Å². The maximum Gasteiger partial charge on any atom is 0.325 e. The summed E-state index contributed by atoms with van der Waals surface area (Å²) in [6, 6.07) is 18.8. The topological polar surface area (TPSA) is 58.6 Å². The molecule has 1 atom stereocenters. The molecule has 2 aromatic carbocycles. The van der Waals surface area contributed by atoms with Crippen molar-refractivity contribution in [3.8, 4) is 0 Å². The van der Waals surface area contributed by atoms with Gasteiger partial charge in [0.1, 0.15) is 12.6 Å². The predicted molar refractivity (Wildman–Crippen MR) is 85.3 cm³/mol. The van der Waals surface area contributed by atoms with Gasteiger partial charge in [-0.3, -0.25) is 4.79 Å². The summed E-state index contributed by atoms with van der Waals surface area (Å²) < 4.78 is 5.22. The van der Waals surface area contributed by atoms with Gasteiger partial charge >= 0.3 is 5.97 Å². The van der Waals surface area contributed by atoms with Crippen LogP contribution in [0.2, 0.25) is 0 Å². The lowest BCUT2D eigenvalue weighted by Crippen LogP contribution is -2.41. The van der Waals surface area contributed by atoms with Crippen LogP contribution >= 0.6 is 0 Å². The van der Waals surface area contributed by atoms with Gasteiger partial charge in [-0.15, -0.1) is 0 Å². The Labute approximate surface area is 130 Å². The summed E-state index contributed by atoms with van der Waals surface area (Å²) in [5, 5.41) is 12.4. The molecule has 0 spiro atoms. The van der Waals surface area contributed by atoms with E-state index in [0.29, 0.717) is 6.54 Å². The number of carbonyl (C=O) groups is 1. The number of aliphatic hydroxyl groups excluding tert-OH is 1. The highest BCUT2D eigenvalue weighted by Crippen LogP contribution is 2.02. The minimum Gasteiger partial charge on any atom is -0.460 e. The Morgan fingerprint density at radius 1 is 1.00 bits per heavy atom. The monoisotopic (exact) mass is 299 g/mol. The fourth-order valence-electron chi connectivity index (χ4n) is 2.09. The normalized spacial score (nSPS) is 11.9. The Kier molecular flexibility index (Phi) is 6.61. The maximum absolute atomic E-state index is 11.9. The van der Waals surface area contributed by atoms with E-state index in [0.717, 1.165) is 12.0 Å². The number of rotatable bonds is 8. The quantitative estimate of drug-likeness (QED) is 0.731. The number of hydrogen-bond donors (Lipinski definition) is 2. The van der Waals surface area contributed by atoms with Crippen LogP contribution in [0.25, 0.3) is 0 Å². The second-order valence-electron chi connectivity index (χ2n) is 5.02. The Balaban J connectivity index is 1.74. The number of esters is 1. The van der Waals surface area contributed by atoms with Crippen molar-refractivity contribution in [3.63, 3.8) is 0 Å². The lowest BCUT2D eigenvalue weighted by atomic mass is 10.1. The highest BCUT2D eigenvalue weighted by molar-refractivity contribution is 5.75. The smallest absolute Gasteiger partial charge is 0.325 e. The van der Waals surface area contributed by atoms with Crippen LogP contribution in [0.3, 0.4) is 0 Å². The first-order valence-electron chi connectivity index (χ1n) is 7.38. The van der Waals surface area contributed by atoms with Gasteiger partial charge in [-0.2, -0.15) is 0 Å². The predicted octanol–water partition coefficient (Wildman–Crippen LogP) is 1.92. The fraction of sp³-hybridized carbons (Fsp3) is 0.278. The summed E-state index contributed by atoms with van der Waals surface area (Å²) in [6.07, 6.45) is 0.795. The van der Waals surface area contributed by atoms with E-state index in [1.807, 2.05) is 60.7 Å². The molecule has 4 heteroatoms. The lowest BCUT2D eigenvalue weighted by Gasteiger charge is -2.15. The van der Waals surface area contributed by atoms with E-state index in [1.54, 1.807) is 0 Å². The van der Waals surface area contributed by atoms with Crippen molar-refractivity contribution in [1.29, 1.82) is 0 Å². The summed E-state index contributed by atoms with van der Waals surface area (Å²) in [5.74, 6) is -0.431. The molecule has 0 fully saturated rings. The minimum absolute atomic E-state index is 0.219. The number of hydrogen-bond acceptors (Lipinski definition) is 4. The minimum atomic E-state index is -0.688. The summed E-state index contributed by atoms with van der Waals surface area (Å²) in [5.41, 5.74) is 2.11. The first kappa shape index (κ1) is 16.2. The zero-order chi connectivity index (χ0) is 15.6. The average Bonchev–Trinajstić information content (AvgIpc) is 2.58. The second kappa shape index (κ2) is 8.97. The van der Waals surface area contributed by atoms with Gasteiger partial charge in [-0.1, -0.05) is 60.7 Å². The van der Waals surface area contributed by atoms with Crippen molar-refractivity contribution in [2.45, 2.75) is 19.1 Å². The molecule has 0 bridgehead atoms. The zero-order valence-electron chi connectivity index (χ0n) is 12.4. The molecule has 0 aliphatic rings.